The predicted molar refractivity (Wildman–Crippen MR) is 46.5 cm³/mol. The Bertz CT molecular complexity index is 174. The lowest BCUT2D eigenvalue weighted by Crippen LogP contribution is -2.18. The molecule has 2 nitrogen and oxygen atoms in total. The number of hydrogen-bond donors (Lipinski definition) is 2. The Balaban J connectivity index is 2.61. The number of rotatable bonds is 1. The lowest BCUT2D eigenvalue weighted by Gasteiger charge is -2.01. The van der Waals surface area contributed by atoms with Crippen molar-refractivity contribution in [1.29, 1.82) is 0 Å². The van der Waals surface area contributed by atoms with Crippen molar-refractivity contribution in [3.63, 3.8) is 0 Å². The molecule has 1 aliphatic heterocycles. The van der Waals surface area contributed by atoms with Gasteiger partial charge in [0.15, 0.2) is 0 Å². The van der Waals surface area contributed by atoms with Crippen LogP contribution >= 0.6 is 11.8 Å². The molecule has 0 radical (unpaired) electrons. The van der Waals surface area contributed by atoms with Crippen molar-refractivity contribution < 1.29 is 0 Å². The summed E-state index contributed by atoms with van der Waals surface area (Å²) in [5.41, 5.74) is 6.52. The van der Waals surface area contributed by atoms with Crippen molar-refractivity contribution in [1.82, 2.24) is 5.32 Å². The van der Waals surface area contributed by atoms with Gasteiger partial charge in [0.25, 0.3) is 0 Å². The summed E-state index contributed by atoms with van der Waals surface area (Å²) in [4.78, 5) is 0. The number of nitrogens with two attached hydrogens (primary N) is 1. The lowest BCUT2D eigenvalue weighted by molar-refractivity contribution is 0.920. The largest absolute Gasteiger partial charge is 0.353 e. The van der Waals surface area contributed by atoms with Crippen molar-refractivity contribution in [3.8, 4) is 0 Å². The molecule has 3 N–H and O–H groups in total. The summed E-state index contributed by atoms with van der Waals surface area (Å²) in [5, 5.41) is 4.69. The molecule has 1 rings (SSSR count). The summed E-state index contributed by atoms with van der Waals surface area (Å²) in [5.74, 6) is 0. The van der Waals surface area contributed by atoms with E-state index in [1.54, 1.807) is 11.8 Å². The van der Waals surface area contributed by atoms with Crippen molar-refractivity contribution in [3.05, 3.63) is 23.4 Å². The first kappa shape index (κ1) is 7.69. The van der Waals surface area contributed by atoms with Gasteiger partial charge in [-0.3, -0.25) is 0 Å². The van der Waals surface area contributed by atoms with Crippen LogP contribution in [0.15, 0.2) is 23.4 Å². The molecule has 0 amide bonds. The quantitative estimate of drug-likeness (QED) is 0.595. The highest BCUT2D eigenvalue weighted by atomic mass is 32.2. The van der Waals surface area contributed by atoms with Crippen LogP contribution in [0.2, 0.25) is 0 Å². The summed E-state index contributed by atoms with van der Waals surface area (Å²) in [7, 11) is 0. The third-order valence-corrected chi connectivity index (χ3v) is 2.77. The zero-order valence-electron chi connectivity index (χ0n) is 6.05. The molecule has 56 valence electrons. The van der Waals surface area contributed by atoms with Crippen molar-refractivity contribution in [2.75, 3.05) is 6.54 Å². The highest BCUT2D eigenvalue weighted by Gasteiger charge is 2.20. The van der Waals surface area contributed by atoms with Crippen molar-refractivity contribution >= 4 is 11.8 Å². The van der Waals surface area contributed by atoms with Gasteiger partial charge in [0, 0.05) is 12.2 Å². The summed E-state index contributed by atoms with van der Waals surface area (Å²) in [6, 6.07) is 0. The average Bonchev–Trinajstić information content (AvgIpc) is 2.30. The second-order valence-electron chi connectivity index (χ2n) is 2.15. The lowest BCUT2D eigenvalue weighted by atomic mass is 10.3. The van der Waals surface area contributed by atoms with Gasteiger partial charge in [-0.05, 0) is 6.92 Å². The molecule has 1 heterocycles. The van der Waals surface area contributed by atoms with Gasteiger partial charge < -0.3 is 11.1 Å². The van der Waals surface area contributed by atoms with E-state index in [9.17, 15) is 0 Å². The Morgan fingerprint density at radius 2 is 2.60 bits per heavy atom. The van der Waals surface area contributed by atoms with Crippen LogP contribution in [0.3, 0.4) is 0 Å². The molecule has 1 aliphatic rings. The Morgan fingerprint density at radius 1 is 1.90 bits per heavy atom. The zero-order valence-corrected chi connectivity index (χ0v) is 6.87. The Labute approximate surface area is 65.6 Å². The second kappa shape index (κ2) is 3.12. The van der Waals surface area contributed by atoms with Gasteiger partial charge in [-0.2, -0.15) is 0 Å². The van der Waals surface area contributed by atoms with Crippen LogP contribution in [0.25, 0.3) is 0 Å². The van der Waals surface area contributed by atoms with E-state index < -0.39 is 0 Å². The molecule has 0 saturated carbocycles. The number of nitrogens with one attached hydrogen (secondary N) is 1. The van der Waals surface area contributed by atoms with Crippen LogP contribution in [0.4, 0.5) is 0 Å². The maximum Gasteiger partial charge on any atom is 0.0686 e. The maximum atomic E-state index is 5.49. The molecule has 10 heavy (non-hydrogen) atoms. The smallest absolute Gasteiger partial charge is 0.0686 e. The fraction of sp³-hybridized carbons (Fsp3) is 0.429. The van der Waals surface area contributed by atoms with Crippen LogP contribution in [0.1, 0.15) is 6.92 Å². The van der Waals surface area contributed by atoms with E-state index in [4.69, 9.17) is 5.73 Å². The molecule has 0 aromatic heterocycles. The van der Waals surface area contributed by atoms with Gasteiger partial charge >= 0.3 is 0 Å². The molecule has 0 aliphatic carbocycles. The fourth-order valence-electron chi connectivity index (χ4n) is 0.823. The van der Waals surface area contributed by atoms with Gasteiger partial charge in [0.2, 0.25) is 0 Å². The van der Waals surface area contributed by atoms with Gasteiger partial charge in [-0.15, -0.1) is 0 Å². The number of hydrogen-bond acceptors (Lipinski definition) is 3. The minimum atomic E-state index is 0.367. The van der Waals surface area contributed by atoms with Crippen LogP contribution in [-0.2, 0) is 0 Å². The molecule has 1 saturated heterocycles. The van der Waals surface area contributed by atoms with E-state index in [0.29, 0.717) is 11.8 Å². The molecule has 1 atom stereocenters. The molecule has 0 aromatic rings. The first-order valence-electron chi connectivity index (χ1n) is 3.26. The normalized spacial score (nSPS) is 29.2. The monoisotopic (exact) mass is 156 g/mol. The Morgan fingerprint density at radius 3 is 2.90 bits per heavy atom. The first-order chi connectivity index (χ1) is 4.77. The number of thioether (sulfide) groups is 1. The maximum absolute atomic E-state index is 5.49. The van der Waals surface area contributed by atoms with E-state index in [0.717, 1.165) is 5.70 Å². The van der Waals surface area contributed by atoms with Crippen LogP contribution in [0, 0.1) is 0 Å². The molecular formula is C7H12N2S. The minimum Gasteiger partial charge on any atom is -0.353 e. The highest BCUT2D eigenvalue weighted by molar-refractivity contribution is 8.04. The predicted octanol–water partition coefficient (Wildman–Crippen LogP) is 1.03. The summed E-state index contributed by atoms with van der Waals surface area (Å²) < 4.78 is 0. The van der Waals surface area contributed by atoms with Crippen LogP contribution in [-0.4, -0.2) is 11.8 Å². The third kappa shape index (κ3) is 1.36. The number of allylic oxidation sites excluding steroid dienone is 1. The average molecular weight is 156 g/mol. The molecule has 1 fully saturated rings. The topological polar surface area (TPSA) is 38.0 Å². The van der Waals surface area contributed by atoms with E-state index in [2.05, 4.69) is 11.9 Å². The fourth-order valence-corrected chi connectivity index (χ4v) is 1.75. The van der Waals surface area contributed by atoms with Gasteiger partial charge in [-0.1, -0.05) is 24.4 Å². The van der Waals surface area contributed by atoms with Crippen LogP contribution < -0.4 is 11.1 Å². The molecular weight excluding hydrogens is 144 g/mol. The van der Waals surface area contributed by atoms with E-state index in [-0.39, 0.29) is 0 Å². The summed E-state index contributed by atoms with van der Waals surface area (Å²) >= 11 is 1.74. The van der Waals surface area contributed by atoms with Crippen molar-refractivity contribution in [2.24, 2.45) is 5.73 Å². The zero-order chi connectivity index (χ0) is 7.56. The molecule has 0 aromatic carbocycles. The standard InChI is InChI=1S/C7H12N2S/c1-3-7-9-5(2)6(4-8)10-7/h3,6,9H,2,4,8H2,1H3/b7-3-. The molecule has 0 bridgehead atoms. The van der Waals surface area contributed by atoms with Gasteiger partial charge in [-0.25, -0.2) is 0 Å². The van der Waals surface area contributed by atoms with Gasteiger partial charge in [0.05, 0.1) is 10.3 Å². The second-order valence-corrected chi connectivity index (χ2v) is 3.39. The highest BCUT2D eigenvalue weighted by Crippen LogP contribution is 2.30. The van der Waals surface area contributed by atoms with Crippen LogP contribution in [0.5, 0.6) is 0 Å². The molecule has 0 spiro atoms. The summed E-state index contributed by atoms with van der Waals surface area (Å²) in [6.45, 7) is 6.51. The summed E-state index contributed by atoms with van der Waals surface area (Å²) in [6.07, 6.45) is 2.03. The van der Waals surface area contributed by atoms with E-state index in [1.807, 2.05) is 13.0 Å². The van der Waals surface area contributed by atoms with Crippen molar-refractivity contribution in [2.45, 2.75) is 12.2 Å². The molecule has 3 heteroatoms. The van der Waals surface area contributed by atoms with E-state index in [1.165, 1.54) is 5.03 Å². The Kier molecular flexibility index (Phi) is 2.40. The SMILES string of the molecule is C=C1N/C(=C/C)SC1CN. The van der Waals surface area contributed by atoms with E-state index >= 15 is 0 Å². The first-order valence-corrected chi connectivity index (χ1v) is 4.14. The minimum absolute atomic E-state index is 0.367. The van der Waals surface area contributed by atoms with Gasteiger partial charge in [0.1, 0.15) is 0 Å². The molecule has 1 unspecified atom stereocenters. The Hall–Kier alpha value is -0.410. The third-order valence-electron chi connectivity index (χ3n) is 1.42.